The van der Waals surface area contributed by atoms with Crippen LogP contribution in [0.1, 0.15) is 29.5 Å². The molecule has 4 heteroatoms. The van der Waals surface area contributed by atoms with E-state index >= 15 is 0 Å². The van der Waals surface area contributed by atoms with Gasteiger partial charge in [-0.15, -0.1) is 0 Å². The van der Waals surface area contributed by atoms with Crippen LogP contribution in [-0.2, 0) is 6.42 Å². The lowest BCUT2D eigenvalue weighted by Crippen LogP contribution is -2.15. The van der Waals surface area contributed by atoms with Gasteiger partial charge in [-0.1, -0.05) is 6.07 Å². The number of ether oxygens (including phenoxy) is 2. The van der Waals surface area contributed by atoms with E-state index < -0.39 is 0 Å². The minimum atomic E-state index is 0.0172. The van der Waals surface area contributed by atoms with Crippen LogP contribution in [0.3, 0.4) is 0 Å². The van der Waals surface area contributed by atoms with E-state index in [1.54, 1.807) is 7.11 Å². The van der Waals surface area contributed by atoms with Gasteiger partial charge in [-0.3, -0.25) is 4.99 Å². The average molecular weight is 325 g/mol. The fourth-order valence-electron chi connectivity index (χ4n) is 3.17. The Hall–Kier alpha value is -2.33. The van der Waals surface area contributed by atoms with Crippen LogP contribution in [0.5, 0.6) is 11.5 Å². The summed E-state index contributed by atoms with van der Waals surface area (Å²) in [4.78, 5) is 4.87. The molecule has 2 aromatic carbocycles. The van der Waals surface area contributed by atoms with Crippen LogP contribution in [0.2, 0.25) is 0 Å². The molecule has 0 spiro atoms. The highest BCUT2D eigenvalue weighted by molar-refractivity contribution is 6.05. The molecule has 0 fully saturated rings. The molecule has 0 atom stereocenters. The monoisotopic (exact) mass is 325 g/mol. The molecule has 0 saturated heterocycles. The maximum atomic E-state index is 8.99. The van der Waals surface area contributed by atoms with Gasteiger partial charge in [0, 0.05) is 16.8 Å². The van der Waals surface area contributed by atoms with Crippen LogP contribution >= 0.6 is 0 Å². The third kappa shape index (κ3) is 3.44. The summed E-state index contributed by atoms with van der Waals surface area (Å²) in [5.41, 5.74) is 5.66. The molecule has 1 N–H and O–H groups in total. The van der Waals surface area contributed by atoms with E-state index in [-0.39, 0.29) is 6.61 Å². The van der Waals surface area contributed by atoms with Crippen LogP contribution in [0, 0.1) is 6.92 Å². The van der Waals surface area contributed by atoms with Crippen molar-refractivity contribution in [2.45, 2.75) is 26.2 Å². The Morgan fingerprint density at radius 3 is 2.58 bits per heavy atom. The van der Waals surface area contributed by atoms with Crippen molar-refractivity contribution < 1.29 is 14.6 Å². The van der Waals surface area contributed by atoms with Crippen molar-refractivity contribution in [2.24, 2.45) is 4.99 Å². The lowest BCUT2D eigenvalue weighted by molar-refractivity contribution is 0.200. The summed E-state index contributed by atoms with van der Waals surface area (Å²) in [6.45, 7) is 2.40. The number of hydrogen-bond acceptors (Lipinski definition) is 4. The smallest absolute Gasteiger partial charge is 0.123 e. The van der Waals surface area contributed by atoms with Gasteiger partial charge in [-0.05, 0) is 62.1 Å². The zero-order valence-corrected chi connectivity index (χ0v) is 14.2. The van der Waals surface area contributed by atoms with E-state index in [2.05, 4.69) is 13.0 Å². The zero-order chi connectivity index (χ0) is 16.9. The molecule has 0 heterocycles. The Bertz CT molecular complexity index is 735. The van der Waals surface area contributed by atoms with Gasteiger partial charge in [-0.2, -0.15) is 0 Å². The van der Waals surface area contributed by atoms with Crippen molar-refractivity contribution in [1.82, 2.24) is 0 Å². The summed E-state index contributed by atoms with van der Waals surface area (Å²) in [5, 5.41) is 8.99. The Kier molecular flexibility index (Phi) is 5.16. The molecule has 2 aromatic rings. The number of aliphatic hydroxyl groups is 1. The van der Waals surface area contributed by atoms with Crippen LogP contribution in [-0.4, -0.2) is 31.1 Å². The van der Waals surface area contributed by atoms with Crippen LogP contribution < -0.4 is 9.47 Å². The van der Waals surface area contributed by atoms with E-state index in [0.717, 1.165) is 47.7 Å². The molecule has 0 amide bonds. The summed E-state index contributed by atoms with van der Waals surface area (Å²) >= 11 is 0. The predicted molar refractivity (Wildman–Crippen MR) is 95.9 cm³/mol. The molecule has 0 unspecified atom stereocenters. The molecule has 126 valence electrons. The van der Waals surface area contributed by atoms with E-state index in [0.29, 0.717) is 6.61 Å². The van der Waals surface area contributed by atoms with Gasteiger partial charge in [0.05, 0.1) is 19.4 Å². The van der Waals surface area contributed by atoms with E-state index in [1.807, 2.05) is 30.3 Å². The summed E-state index contributed by atoms with van der Waals surface area (Å²) in [6.07, 6.45) is 3.14. The summed E-state index contributed by atoms with van der Waals surface area (Å²) in [6, 6.07) is 11.9. The quantitative estimate of drug-likeness (QED) is 0.909. The fraction of sp³-hybridized carbons (Fsp3) is 0.350. The molecule has 0 radical (unpaired) electrons. The Balaban J connectivity index is 1.98. The molecule has 1 aliphatic carbocycles. The molecular formula is C20H23NO3. The second-order valence-electron chi connectivity index (χ2n) is 5.90. The van der Waals surface area contributed by atoms with Crippen molar-refractivity contribution in [2.75, 3.05) is 20.3 Å². The Morgan fingerprint density at radius 2 is 1.88 bits per heavy atom. The predicted octanol–water partition coefficient (Wildman–Crippen LogP) is 3.83. The second kappa shape index (κ2) is 7.49. The molecule has 0 saturated carbocycles. The van der Waals surface area contributed by atoms with Gasteiger partial charge in [-0.25, -0.2) is 0 Å². The molecule has 24 heavy (non-hydrogen) atoms. The molecule has 0 aliphatic heterocycles. The summed E-state index contributed by atoms with van der Waals surface area (Å²) < 4.78 is 10.9. The first kappa shape index (κ1) is 16.5. The Labute approximate surface area is 142 Å². The van der Waals surface area contributed by atoms with Crippen LogP contribution in [0.4, 0.5) is 5.69 Å². The molecular weight excluding hydrogens is 302 g/mol. The average Bonchev–Trinajstić information content (AvgIpc) is 2.62. The molecule has 4 nitrogen and oxygen atoms in total. The highest BCUT2D eigenvalue weighted by Gasteiger charge is 2.20. The van der Waals surface area contributed by atoms with E-state index in [4.69, 9.17) is 19.6 Å². The van der Waals surface area contributed by atoms with Crippen molar-refractivity contribution in [1.29, 1.82) is 0 Å². The van der Waals surface area contributed by atoms with Gasteiger partial charge in [0.25, 0.3) is 0 Å². The van der Waals surface area contributed by atoms with Gasteiger partial charge in [0.2, 0.25) is 0 Å². The number of hydrogen-bond donors (Lipinski definition) is 1. The first-order valence-electron chi connectivity index (χ1n) is 8.31. The standard InChI is InChI=1S/C20H23NO3/c1-14-19(24-13-12-22)11-6-15-4-3-5-18(20(14)15)21-16-7-9-17(23-2)10-8-16/h6-11,22H,3-5,12-13H2,1-2H3/b21-18+. The largest absolute Gasteiger partial charge is 0.497 e. The Morgan fingerprint density at radius 1 is 1.08 bits per heavy atom. The lowest BCUT2D eigenvalue weighted by atomic mass is 9.86. The van der Waals surface area contributed by atoms with Crippen molar-refractivity contribution >= 4 is 11.4 Å². The van der Waals surface area contributed by atoms with Crippen molar-refractivity contribution in [3.8, 4) is 11.5 Å². The minimum Gasteiger partial charge on any atom is -0.497 e. The van der Waals surface area contributed by atoms with Crippen LogP contribution in [0.15, 0.2) is 41.4 Å². The third-order valence-electron chi connectivity index (χ3n) is 4.34. The second-order valence-corrected chi connectivity index (χ2v) is 5.90. The number of aliphatic imine (C=N–C) groups is 1. The van der Waals surface area contributed by atoms with Gasteiger partial charge < -0.3 is 14.6 Å². The molecule has 1 aliphatic rings. The van der Waals surface area contributed by atoms with E-state index in [1.165, 1.54) is 11.1 Å². The van der Waals surface area contributed by atoms with Crippen LogP contribution in [0.25, 0.3) is 0 Å². The van der Waals surface area contributed by atoms with Gasteiger partial charge in [0.15, 0.2) is 0 Å². The number of methoxy groups -OCH3 is 1. The number of aliphatic hydroxyl groups excluding tert-OH is 1. The SMILES string of the molecule is COc1ccc(/N=C2\CCCc3ccc(OCCO)c(C)c32)cc1. The summed E-state index contributed by atoms with van der Waals surface area (Å²) in [7, 11) is 1.66. The topological polar surface area (TPSA) is 51.0 Å². The fourth-order valence-corrected chi connectivity index (χ4v) is 3.17. The lowest BCUT2D eigenvalue weighted by Gasteiger charge is -2.22. The number of rotatable bonds is 5. The van der Waals surface area contributed by atoms with Crippen molar-refractivity contribution in [3.05, 3.63) is 53.1 Å². The maximum Gasteiger partial charge on any atom is 0.123 e. The zero-order valence-electron chi connectivity index (χ0n) is 14.2. The number of nitrogens with zero attached hydrogens (tertiary/aromatic N) is 1. The summed E-state index contributed by atoms with van der Waals surface area (Å²) in [5.74, 6) is 1.66. The first-order chi connectivity index (χ1) is 11.7. The normalized spacial score (nSPS) is 15.2. The maximum absolute atomic E-state index is 8.99. The highest BCUT2D eigenvalue weighted by atomic mass is 16.5. The number of benzene rings is 2. The first-order valence-corrected chi connectivity index (χ1v) is 8.31. The number of aryl methyl sites for hydroxylation is 1. The molecule has 0 aromatic heterocycles. The minimum absolute atomic E-state index is 0.0172. The highest BCUT2D eigenvalue weighted by Crippen LogP contribution is 2.32. The van der Waals surface area contributed by atoms with Crippen molar-refractivity contribution in [3.63, 3.8) is 0 Å². The van der Waals surface area contributed by atoms with Gasteiger partial charge >= 0.3 is 0 Å². The van der Waals surface area contributed by atoms with E-state index in [9.17, 15) is 0 Å². The third-order valence-corrected chi connectivity index (χ3v) is 4.34. The van der Waals surface area contributed by atoms with Gasteiger partial charge in [0.1, 0.15) is 18.1 Å². The molecule has 3 rings (SSSR count). The molecule has 0 bridgehead atoms. The number of fused-ring (bicyclic) bond motifs is 1.